The van der Waals surface area contributed by atoms with E-state index in [4.69, 9.17) is 21.1 Å². The van der Waals surface area contributed by atoms with Crippen molar-refractivity contribution in [3.8, 4) is 0 Å². The van der Waals surface area contributed by atoms with Crippen molar-refractivity contribution in [3.63, 3.8) is 0 Å². The van der Waals surface area contributed by atoms with Crippen LogP contribution in [0.1, 0.15) is 71.1 Å². The molecule has 1 atom stereocenters. The first-order valence-corrected chi connectivity index (χ1v) is 12.5. The number of anilines is 1. The number of nitrogens with one attached hydrogen (secondary N) is 1. The SMILES string of the molecule is Cc1cc([C@@H](C)Nc2ccc(Cl)nc2C(=O)O)c2nc(C34CC(c5cc(C)on5)(C3)C4)n(C)c(=O)c2c1. The van der Waals surface area contributed by atoms with Crippen molar-refractivity contribution in [3.05, 3.63) is 79.9 Å². The number of benzene rings is 1. The van der Waals surface area contributed by atoms with Gasteiger partial charge in [0.15, 0.2) is 5.69 Å². The lowest BCUT2D eigenvalue weighted by molar-refractivity contribution is -0.0820. The second-order valence-electron chi connectivity index (χ2n) is 10.7. The molecule has 3 saturated carbocycles. The minimum absolute atomic E-state index is 0.00418. The summed E-state index contributed by atoms with van der Waals surface area (Å²) in [6, 6.07) is 8.63. The van der Waals surface area contributed by atoms with Crippen LogP contribution in [0.3, 0.4) is 0 Å². The van der Waals surface area contributed by atoms with Crippen molar-refractivity contribution < 1.29 is 14.4 Å². The van der Waals surface area contributed by atoms with Gasteiger partial charge in [-0.05, 0) is 63.8 Å². The first-order chi connectivity index (χ1) is 17.5. The average molecular weight is 520 g/mol. The maximum Gasteiger partial charge on any atom is 0.356 e. The standard InChI is InChI=1S/C27H26ClN5O4/c1-13-7-16(15(3)29-18-5-6-20(28)30-22(18)24(35)36)21-17(8-13)23(34)33(4)25(31-21)27-10-26(11-27,12-27)19-9-14(2)37-32-19/h5-9,15,29H,10-12H2,1-4H3,(H,35,36)/t15-,26?,27?/m1/s1. The zero-order valence-electron chi connectivity index (χ0n) is 20.9. The van der Waals surface area contributed by atoms with Crippen LogP contribution in [-0.2, 0) is 17.9 Å². The molecule has 2 bridgehead atoms. The first-order valence-electron chi connectivity index (χ1n) is 12.1. The van der Waals surface area contributed by atoms with Crippen molar-refractivity contribution in [2.24, 2.45) is 7.05 Å². The van der Waals surface area contributed by atoms with Gasteiger partial charge in [0.25, 0.3) is 5.56 Å². The highest BCUT2D eigenvalue weighted by molar-refractivity contribution is 6.29. The number of carbonyl (C=O) groups is 1. The smallest absolute Gasteiger partial charge is 0.356 e. The molecule has 10 heteroatoms. The summed E-state index contributed by atoms with van der Waals surface area (Å²) in [7, 11) is 1.79. The highest BCUT2D eigenvalue weighted by Gasteiger charge is 2.71. The molecule has 7 rings (SSSR count). The molecule has 190 valence electrons. The second-order valence-corrected chi connectivity index (χ2v) is 11.1. The number of carboxylic acid groups (broad SMARTS) is 1. The summed E-state index contributed by atoms with van der Waals surface area (Å²) in [6.45, 7) is 5.74. The average Bonchev–Trinajstić information content (AvgIpc) is 3.22. The lowest BCUT2D eigenvalue weighted by Gasteiger charge is -2.69. The molecule has 0 radical (unpaired) electrons. The van der Waals surface area contributed by atoms with Gasteiger partial charge in [0.2, 0.25) is 0 Å². The molecule has 2 N–H and O–H groups in total. The molecule has 0 spiro atoms. The van der Waals surface area contributed by atoms with E-state index in [0.29, 0.717) is 16.6 Å². The van der Waals surface area contributed by atoms with Crippen LogP contribution in [-0.4, -0.2) is 30.8 Å². The highest BCUT2D eigenvalue weighted by atomic mass is 35.5. The van der Waals surface area contributed by atoms with E-state index in [9.17, 15) is 14.7 Å². The van der Waals surface area contributed by atoms with Crippen molar-refractivity contribution >= 4 is 34.2 Å². The summed E-state index contributed by atoms with van der Waals surface area (Å²) < 4.78 is 6.99. The Morgan fingerprint density at radius 1 is 1.16 bits per heavy atom. The number of hydrogen-bond acceptors (Lipinski definition) is 7. The van der Waals surface area contributed by atoms with Gasteiger partial charge in [-0.1, -0.05) is 22.8 Å². The fourth-order valence-electron chi connectivity index (χ4n) is 6.30. The van der Waals surface area contributed by atoms with E-state index in [1.54, 1.807) is 23.7 Å². The Morgan fingerprint density at radius 3 is 2.54 bits per heavy atom. The summed E-state index contributed by atoms with van der Waals surface area (Å²) in [5.74, 6) is 0.401. The number of carboxylic acids is 1. The predicted octanol–water partition coefficient (Wildman–Crippen LogP) is 4.83. The van der Waals surface area contributed by atoms with Crippen LogP contribution in [0.5, 0.6) is 0 Å². The van der Waals surface area contributed by atoms with Crippen LogP contribution < -0.4 is 10.9 Å². The molecule has 3 aliphatic rings. The van der Waals surface area contributed by atoms with Crippen LogP contribution in [0.2, 0.25) is 5.15 Å². The highest BCUT2D eigenvalue weighted by Crippen LogP contribution is 2.73. The van der Waals surface area contributed by atoms with E-state index >= 15 is 0 Å². The molecule has 3 aliphatic carbocycles. The summed E-state index contributed by atoms with van der Waals surface area (Å²) in [5.41, 5.74) is 3.27. The van der Waals surface area contributed by atoms with Crippen molar-refractivity contribution in [1.29, 1.82) is 0 Å². The Hall–Kier alpha value is -3.72. The van der Waals surface area contributed by atoms with Gasteiger partial charge in [-0.15, -0.1) is 0 Å². The number of hydrogen-bond donors (Lipinski definition) is 2. The molecule has 0 aliphatic heterocycles. The van der Waals surface area contributed by atoms with Crippen LogP contribution >= 0.6 is 11.6 Å². The Labute approximate surface area is 217 Å². The van der Waals surface area contributed by atoms with Crippen LogP contribution in [0.4, 0.5) is 5.69 Å². The fraction of sp³-hybridized carbons (Fsp3) is 0.370. The van der Waals surface area contributed by atoms with Crippen LogP contribution in [0.25, 0.3) is 10.9 Å². The zero-order valence-corrected chi connectivity index (χ0v) is 21.7. The number of rotatable bonds is 6. The van der Waals surface area contributed by atoms with Gasteiger partial charge >= 0.3 is 5.97 Å². The van der Waals surface area contributed by atoms with Gasteiger partial charge in [0, 0.05) is 29.5 Å². The van der Waals surface area contributed by atoms with E-state index in [-0.39, 0.29) is 33.3 Å². The normalized spacial score (nSPS) is 22.8. The van der Waals surface area contributed by atoms with E-state index in [1.807, 2.05) is 39.0 Å². The summed E-state index contributed by atoms with van der Waals surface area (Å²) in [4.78, 5) is 34.3. The van der Waals surface area contributed by atoms with Crippen molar-refractivity contribution in [1.82, 2.24) is 19.7 Å². The molecule has 3 fully saturated rings. The number of aromatic nitrogens is 4. The second kappa shape index (κ2) is 7.89. The lowest BCUT2D eigenvalue weighted by Crippen LogP contribution is -2.68. The van der Waals surface area contributed by atoms with Gasteiger partial charge in [0.05, 0.1) is 28.3 Å². The van der Waals surface area contributed by atoms with E-state index < -0.39 is 5.97 Å². The van der Waals surface area contributed by atoms with E-state index in [1.165, 1.54) is 0 Å². The summed E-state index contributed by atoms with van der Waals surface area (Å²) in [5, 5.41) is 17.7. The third kappa shape index (κ3) is 3.48. The number of nitrogens with zero attached hydrogens (tertiary/aromatic N) is 4. The molecule has 0 amide bonds. The van der Waals surface area contributed by atoms with Gasteiger partial charge in [-0.3, -0.25) is 9.36 Å². The minimum atomic E-state index is -1.18. The molecule has 4 aromatic rings. The molecular weight excluding hydrogens is 494 g/mol. The molecule has 9 nitrogen and oxygen atoms in total. The number of aromatic carboxylic acids is 1. The van der Waals surface area contributed by atoms with Crippen molar-refractivity contribution in [2.75, 3.05) is 5.32 Å². The quantitative estimate of drug-likeness (QED) is 0.347. The van der Waals surface area contributed by atoms with Gasteiger partial charge < -0.3 is 14.9 Å². The van der Waals surface area contributed by atoms with Gasteiger partial charge in [-0.2, -0.15) is 0 Å². The number of pyridine rings is 1. The molecule has 37 heavy (non-hydrogen) atoms. The maximum absolute atomic E-state index is 13.5. The fourth-order valence-corrected chi connectivity index (χ4v) is 6.44. The zero-order chi connectivity index (χ0) is 26.3. The molecule has 0 saturated heterocycles. The third-order valence-electron chi connectivity index (χ3n) is 7.93. The molecule has 1 aromatic carbocycles. The number of aryl methyl sites for hydroxylation is 2. The lowest BCUT2D eigenvalue weighted by atomic mass is 9.34. The Kier molecular flexibility index (Phi) is 5.04. The molecule has 3 aromatic heterocycles. The number of fused-ring (bicyclic) bond motifs is 1. The topological polar surface area (TPSA) is 123 Å². The minimum Gasteiger partial charge on any atom is -0.476 e. The maximum atomic E-state index is 13.5. The van der Waals surface area contributed by atoms with E-state index in [2.05, 4.69) is 15.5 Å². The number of halogens is 1. The van der Waals surface area contributed by atoms with Crippen molar-refractivity contribution in [2.45, 2.75) is 56.9 Å². The predicted molar refractivity (Wildman–Crippen MR) is 138 cm³/mol. The third-order valence-corrected chi connectivity index (χ3v) is 8.14. The summed E-state index contributed by atoms with van der Waals surface area (Å²) >= 11 is 5.92. The summed E-state index contributed by atoms with van der Waals surface area (Å²) in [6.07, 6.45) is 2.64. The first kappa shape index (κ1) is 23.7. The van der Waals surface area contributed by atoms with Crippen LogP contribution in [0, 0.1) is 13.8 Å². The monoisotopic (exact) mass is 519 g/mol. The van der Waals surface area contributed by atoms with Gasteiger partial charge in [-0.25, -0.2) is 14.8 Å². The van der Waals surface area contributed by atoms with E-state index in [0.717, 1.165) is 47.7 Å². The van der Waals surface area contributed by atoms with Crippen LogP contribution in [0.15, 0.2) is 39.6 Å². The molecule has 0 unspecified atom stereocenters. The molecule has 3 heterocycles. The molecular formula is C27H26ClN5O4. The van der Waals surface area contributed by atoms with Gasteiger partial charge in [0.1, 0.15) is 16.7 Å². The largest absolute Gasteiger partial charge is 0.476 e. The Balaban J connectivity index is 1.40. The Bertz CT molecular complexity index is 1650. The Morgan fingerprint density at radius 2 is 1.89 bits per heavy atom.